The number of carbonyl (C=O) groups is 2. The Bertz CT molecular complexity index is 327. The van der Waals surface area contributed by atoms with Gasteiger partial charge in [0.05, 0.1) is 5.41 Å². The molecule has 18 heavy (non-hydrogen) atoms. The van der Waals surface area contributed by atoms with Crippen LogP contribution in [0.25, 0.3) is 0 Å². The van der Waals surface area contributed by atoms with Crippen LogP contribution in [0.2, 0.25) is 0 Å². The second kappa shape index (κ2) is 5.29. The molecule has 0 N–H and O–H groups in total. The van der Waals surface area contributed by atoms with Crippen molar-refractivity contribution in [3.05, 3.63) is 0 Å². The summed E-state index contributed by atoms with van der Waals surface area (Å²) in [4.78, 5) is 23.2. The fourth-order valence-corrected chi connectivity index (χ4v) is 1.12. The van der Waals surface area contributed by atoms with Crippen LogP contribution in [0, 0.1) is 5.41 Å². The fraction of sp³-hybridized carbons (Fsp3) is 0.857. The third-order valence-electron chi connectivity index (χ3n) is 3.63. The summed E-state index contributed by atoms with van der Waals surface area (Å²) in [6.45, 7) is 13.9. The lowest BCUT2D eigenvalue weighted by molar-refractivity contribution is -0.203. The molecule has 0 aromatic rings. The summed E-state index contributed by atoms with van der Waals surface area (Å²) in [5.41, 5.74) is -2.30. The van der Waals surface area contributed by atoms with Gasteiger partial charge in [0.25, 0.3) is 0 Å². The second-order valence-corrected chi connectivity index (χ2v) is 6.24. The number of hydrogen-bond acceptors (Lipinski definition) is 4. The van der Waals surface area contributed by atoms with Crippen molar-refractivity contribution in [3.8, 4) is 0 Å². The Morgan fingerprint density at radius 2 is 1.28 bits per heavy atom. The molecule has 0 saturated carbocycles. The Hall–Kier alpha value is -1.06. The maximum absolute atomic E-state index is 12.1. The Morgan fingerprint density at radius 3 is 1.61 bits per heavy atom. The third kappa shape index (κ3) is 4.00. The standard InChI is InChI=1S/C14H26O4/c1-9-12(3,4)11(16)18-14(7,8)13(5,6)17-10(2)15/h9H2,1-8H3. The van der Waals surface area contributed by atoms with Crippen LogP contribution in [0.1, 0.15) is 61.8 Å². The predicted octanol–water partition coefficient (Wildman–Crippen LogP) is 3.09. The zero-order chi connectivity index (χ0) is 14.8. The van der Waals surface area contributed by atoms with E-state index in [-0.39, 0.29) is 11.9 Å². The summed E-state index contributed by atoms with van der Waals surface area (Å²) in [5, 5.41) is 0. The van der Waals surface area contributed by atoms with Gasteiger partial charge in [-0.25, -0.2) is 0 Å². The molecule has 0 aromatic heterocycles. The Labute approximate surface area is 110 Å². The van der Waals surface area contributed by atoms with Crippen molar-refractivity contribution >= 4 is 11.9 Å². The largest absolute Gasteiger partial charge is 0.456 e. The molecule has 4 nitrogen and oxygen atoms in total. The molecular weight excluding hydrogens is 232 g/mol. The minimum absolute atomic E-state index is 0.282. The van der Waals surface area contributed by atoms with Crippen LogP contribution < -0.4 is 0 Å². The average Bonchev–Trinajstić information content (AvgIpc) is 2.14. The first-order valence-corrected chi connectivity index (χ1v) is 6.29. The van der Waals surface area contributed by atoms with E-state index in [4.69, 9.17) is 9.47 Å². The highest BCUT2D eigenvalue weighted by atomic mass is 16.6. The van der Waals surface area contributed by atoms with Gasteiger partial charge in [0.15, 0.2) is 0 Å². The number of esters is 2. The van der Waals surface area contributed by atoms with Gasteiger partial charge in [-0.1, -0.05) is 6.92 Å². The Morgan fingerprint density at radius 1 is 0.889 bits per heavy atom. The summed E-state index contributed by atoms with van der Waals surface area (Å²) in [7, 11) is 0. The van der Waals surface area contributed by atoms with Crippen molar-refractivity contribution in [3.63, 3.8) is 0 Å². The second-order valence-electron chi connectivity index (χ2n) is 6.24. The van der Waals surface area contributed by atoms with E-state index in [9.17, 15) is 9.59 Å². The minimum atomic E-state index is -0.887. The molecule has 0 bridgehead atoms. The molecule has 0 radical (unpaired) electrons. The molecule has 0 heterocycles. The summed E-state index contributed by atoms with van der Waals surface area (Å²) < 4.78 is 10.8. The quantitative estimate of drug-likeness (QED) is 0.711. The van der Waals surface area contributed by atoms with Gasteiger partial charge in [-0.3, -0.25) is 9.59 Å². The highest BCUT2D eigenvalue weighted by Crippen LogP contribution is 2.33. The lowest BCUT2D eigenvalue weighted by atomic mass is 9.86. The highest BCUT2D eigenvalue weighted by Gasteiger charge is 2.45. The van der Waals surface area contributed by atoms with Crippen molar-refractivity contribution in [1.29, 1.82) is 0 Å². The van der Waals surface area contributed by atoms with Crippen molar-refractivity contribution in [1.82, 2.24) is 0 Å². The highest BCUT2D eigenvalue weighted by molar-refractivity contribution is 5.76. The number of ether oxygens (including phenoxy) is 2. The average molecular weight is 258 g/mol. The summed E-state index contributed by atoms with van der Waals surface area (Å²) in [6, 6.07) is 0. The van der Waals surface area contributed by atoms with Crippen LogP contribution in [0.15, 0.2) is 0 Å². The van der Waals surface area contributed by atoms with E-state index in [1.807, 2.05) is 20.8 Å². The van der Waals surface area contributed by atoms with E-state index in [2.05, 4.69) is 0 Å². The van der Waals surface area contributed by atoms with Crippen molar-refractivity contribution < 1.29 is 19.1 Å². The zero-order valence-corrected chi connectivity index (χ0v) is 12.8. The van der Waals surface area contributed by atoms with E-state index >= 15 is 0 Å². The molecule has 0 aromatic carbocycles. The Balaban J connectivity index is 4.95. The molecule has 0 aliphatic carbocycles. The fourth-order valence-electron chi connectivity index (χ4n) is 1.12. The third-order valence-corrected chi connectivity index (χ3v) is 3.63. The van der Waals surface area contributed by atoms with Gasteiger partial charge in [-0.15, -0.1) is 0 Å². The van der Waals surface area contributed by atoms with Crippen molar-refractivity contribution in [2.75, 3.05) is 0 Å². The lowest BCUT2D eigenvalue weighted by Crippen LogP contribution is -2.52. The predicted molar refractivity (Wildman–Crippen MR) is 70.1 cm³/mol. The van der Waals surface area contributed by atoms with Gasteiger partial charge >= 0.3 is 11.9 Å². The van der Waals surface area contributed by atoms with Crippen LogP contribution in [-0.2, 0) is 19.1 Å². The molecule has 0 unspecified atom stereocenters. The lowest BCUT2D eigenvalue weighted by Gasteiger charge is -2.41. The van der Waals surface area contributed by atoms with Crippen molar-refractivity contribution in [2.45, 2.75) is 73.0 Å². The van der Waals surface area contributed by atoms with Crippen LogP contribution >= 0.6 is 0 Å². The summed E-state index contributed by atoms with van der Waals surface area (Å²) in [6.07, 6.45) is 0.690. The maximum atomic E-state index is 12.1. The van der Waals surface area contributed by atoms with Crippen LogP contribution in [0.4, 0.5) is 0 Å². The van der Waals surface area contributed by atoms with Crippen LogP contribution in [0.5, 0.6) is 0 Å². The first-order valence-electron chi connectivity index (χ1n) is 6.29. The molecule has 0 aliphatic heterocycles. The molecule has 0 rings (SSSR count). The molecule has 4 heteroatoms. The molecule has 106 valence electrons. The van der Waals surface area contributed by atoms with Gasteiger partial charge in [0, 0.05) is 6.92 Å². The maximum Gasteiger partial charge on any atom is 0.312 e. The molecular formula is C14H26O4. The van der Waals surface area contributed by atoms with Crippen LogP contribution in [0.3, 0.4) is 0 Å². The molecule has 0 aliphatic rings. The SMILES string of the molecule is CCC(C)(C)C(=O)OC(C)(C)C(C)(C)OC(C)=O. The van der Waals surface area contributed by atoms with Gasteiger partial charge in [0.1, 0.15) is 11.2 Å². The smallest absolute Gasteiger partial charge is 0.312 e. The first-order chi connectivity index (χ1) is 7.85. The normalized spacial score (nSPS) is 13.1. The van der Waals surface area contributed by atoms with E-state index in [0.29, 0.717) is 6.42 Å². The molecule has 0 spiro atoms. The van der Waals surface area contributed by atoms with Crippen molar-refractivity contribution in [2.24, 2.45) is 5.41 Å². The molecule has 0 amide bonds. The summed E-state index contributed by atoms with van der Waals surface area (Å²) in [5.74, 6) is -0.672. The van der Waals surface area contributed by atoms with Gasteiger partial charge in [-0.2, -0.15) is 0 Å². The summed E-state index contributed by atoms with van der Waals surface area (Å²) >= 11 is 0. The van der Waals surface area contributed by atoms with Crippen LogP contribution in [-0.4, -0.2) is 23.1 Å². The zero-order valence-electron chi connectivity index (χ0n) is 12.8. The van der Waals surface area contributed by atoms with E-state index in [1.165, 1.54) is 6.92 Å². The first kappa shape index (κ1) is 16.9. The minimum Gasteiger partial charge on any atom is -0.456 e. The van der Waals surface area contributed by atoms with E-state index < -0.39 is 16.6 Å². The van der Waals surface area contributed by atoms with Gasteiger partial charge in [0.2, 0.25) is 0 Å². The number of rotatable bonds is 5. The number of carbonyl (C=O) groups excluding carboxylic acids is 2. The number of hydrogen-bond donors (Lipinski definition) is 0. The van der Waals surface area contributed by atoms with E-state index in [1.54, 1.807) is 27.7 Å². The molecule has 0 saturated heterocycles. The van der Waals surface area contributed by atoms with E-state index in [0.717, 1.165) is 0 Å². The monoisotopic (exact) mass is 258 g/mol. The van der Waals surface area contributed by atoms with Gasteiger partial charge < -0.3 is 9.47 Å². The topological polar surface area (TPSA) is 52.6 Å². The molecule has 0 fully saturated rings. The Kier molecular flexibility index (Phi) is 4.98. The molecule has 0 atom stereocenters. The van der Waals surface area contributed by atoms with Gasteiger partial charge in [-0.05, 0) is 48.0 Å².